The highest BCUT2D eigenvalue weighted by atomic mass is 32.2. The molecule has 2 heterocycles. The van der Waals surface area contributed by atoms with Gasteiger partial charge in [0.25, 0.3) is 0 Å². The minimum absolute atomic E-state index is 0.0732. The Morgan fingerprint density at radius 1 is 1.27 bits per heavy atom. The van der Waals surface area contributed by atoms with Crippen molar-refractivity contribution in [3.63, 3.8) is 0 Å². The van der Waals surface area contributed by atoms with Crippen LogP contribution in [0.15, 0.2) is 17.3 Å². The van der Waals surface area contributed by atoms with E-state index in [2.05, 4.69) is 29.7 Å². The molecule has 0 radical (unpaired) electrons. The van der Waals surface area contributed by atoms with E-state index in [0.717, 1.165) is 5.75 Å². The first-order chi connectivity index (χ1) is 13.9. The van der Waals surface area contributed by atoms with Gasteiger partial charge in [-0.05, 0) is 44.1 Å². The number of thioether (sulfide) groups is 1. The minimum Gasteiger partial charge on any atom is -0.381 e. The van der Waals surface area contributed by atoms with Crippen LogP contribution in [0.2, 0.25) is 0 Å². The molecular weight excluding hydrogens is 404 g/mol. The lowest BCUT2D eigenvalue weighted by Crippen LogP contribution is -2.51. The topological polar surface area (TPSA) is 100 Å². The van der Waals surface area contributed by atoms with Crippen LogP contribution in [-0.2, 0) is 19.1 Å². The number of amides is 2. The molecule has 1 atom stereocenters. The number of nitrogens with one attached hydrogen (secondary N) is 2. The first-order valence-corrected chi connectivity index (χ1v) is 11.3. The summed E-state index contributed by atoms with van der Waals surface area (Å²) >= 11 is 1.52. The first kappa shape index (κ1) is 24.4. The van der Waals surface area contributed by atoms with E-state index in [1.54, 1.807) is 6.08 Å². The minimum atomic E-state index is -0.906. The average molecular weight is 439 g/mol. The molecule has 0 aromatic heterocycles. The van der Waals surface area contributed by atoms with E-state index in [1.807, 2.05) is 32.7 Å². The summed E-state index contributed by atoms with van der Waals surface area (Å²) in [7, 11) is 1.90. The molecule has 2 N–H and O–H groups in total. The molecule has 8 nitrogen and oxygen atoms in total. The number of rotatable bonds is 6. The van der Waals surface area contributed by atoms with Crippen LogP contribution >= 0.6 is 11.8 Å². The van der Waals surface area contributed by atoms with Gasteiger partial charge in [0.15, 0.2) is 5.17 Å². The lowest BCUT2D eigenvalue weighted by atomic mass is 9.88. The van der Waals surface area contributed by atoms with Gasteiger partial charge in [0.1, 0.15) is 6.04 Å². The fraction of sp³-hybridized carbons (Fsp3) is 0.714. The van der Waals surface area contributed by atoms with Crippen molar-refractivity contribution in [1.82, 2.24) is 15.6 Å². The molecule has 2 rings (SSSR count). The highest BCUT2D eigenvalue weighted by Gasteiger charge is 2.36. The SMILES string of the molecule is CN1/C(=N/NC(=O)C(=O)C(NC(=O)/C=C/C(C)(C)C)C2CCOCC2)SCC1(C)C. The van der Waals surface area contributed by atoms with E-state index in [1.165, 1.54) is 17.8 Å². The number of allylic oxidation sites excluding steroid dienone is 1. The maximum absolute atomic E-state index is 12.9. The zero-order valence-electron chi connectivity index (χ0n) is 18.8. The molecule has 2 saturated heterocycles. The lowest BCUT2D eigenvalue weighted by Gasteiger charge is -2.29. The van der Waals surface area contributed by atoms with Gasteiger partial charge in [0.2, 0.25) is 11.7 Å². The second kappa shape index (κ2) is 9.96. The third-order valence-electron chi connectivity index (χ3n) is 5.28. The Morgan fingerprint density at radius 2 is 1.90 bits per heavy atom. The molecule has 1 unspecified atom stereocenters. The van der Waals surface area contributed by atoms with Gasteiger partial charge in [0.05, 0.1) is 0 Å². The molecule has 168 valence electrons. The van der Waals surface area contributed by atoms with Crippen molar-refractivity contribution in [3.05, 3.63) is 12.2 Å². The molecule has 0 saturated carbocycles. The van der Waals surface area contributed by atoms with Crippen molar-refractivity contribution in [3.8, 4) is 0 Å². The van der Waals surface area contributed by atoms with E-state index in [9.17, 15) is 14.4 Å². The van der Waals surface area contributed by atoms with E-state index in [0.29, 0.717) is 31.2 Å². The Kier molecular flexibility index (Phi) is 8.10. The summed E-state index contributed by atoms with van der Waals surface area (Å²) in [5.41, 5.74) is 2.14. The summed E-state index contributed by atoms with van der Waals surface area (Å²) < 4.78 is 5.36. The second-order valence-corrected chi connectivity index (χ2v) is 10.4. The zero-order valence-corrected chi connectivity index (χ0v) is 19.6. The van der Waals surface area contributed by atoms with Gasteiger partial charge in [-0.15, -0.1) is 5.10 Å². The molecular formula is C21H34N4O4S. The molecule has 0 aliphatic carbocycles. The molecule has 2 amide bonds. The summed E-state index contributed by atoms with van der Waals surface area (Å²) in [6.07, 6.45) is 4.40. The Labute approximate surface area is 183 Å². The number of carbonyl (C=O) groups is 3. The van der Waals surface area contributed by atoms with Crippen molar-refractivity contribution >= 4 is 34.5 Å². The van der Waals surface area contributed by atoms with Crippen LogP contribution in [0.25, 0.3) is 0 Å². The third kappa shape index (κ3) is 6.84. The summed E-state index contributed by atoms with van der Waals surface area (Å²) in [6, 6.07) is -0.906. The number of ketones is 1. The van der Waals surface area contributed by atoms with Gasteiger partial charge >= 0.3 is 5.91 Å². The van der Waals surface area contributed by atoms with Gasteiger partial charge < -0.3 is 15.0 Å². The molecule has 30 heavy (non-hydrogen) atoms. The van der Waals surface area contributed by atoms with Gasteiger partial charge in [-0.2, -0.15) is 0 Å². The predicted octanol–water partition coefficient (Wildman–Crippen LogP) is 1.91. The van der Waals surface area contributed by atoms with Crippen molar-refractivity contribution < 1.29 is 19.1 Å². The number of carbonyl (C=O) groups excluding carboxylic acids is 3. The predicted molar refractivity (Wildman–Crippen MR) is 119 cm³/mol. The number of Topliss-reactive ketones (excluding diaryl/α,β-unsaturated/α-hetero) is 1. The Bertz CT molecular complexity index is 721. The standard InChI is InChI=1S/C21H34N4O4S/c1-20(2,3)10-7-15(26)22-16(14-8-11-29-12-9-14)17(27)18(28)23-24-19-25(6)21(4,5)13-30-19/h7,10,14,16H,8-9,11-13H2,1-6H3,(H,22,26)(H,23,28)/b10-7+,24-19-. The summed E-state index contributed by atoms with van der Waals surface area (Å²) in [5.74, 6) is -1.21. The normalized spacial score (nSPS) is 22.3. The molecule has 2 aliphatic heterocycles. The largest absolute Gasteiger partial charge is 0.381 e. The van der Waals surface area contributed by atoms with Gasteiger partial charge in [-0.25, -0.2) is 5.43 Å². The van der Waals surface area contributed by atoms with Crippen LogP contribution in [0.4, 0.5) is 0 Å². The van der Waals surface area contributed by atoms with E-state index < -0.39 is 17.7 Å². The smallest absolute Gasteiger partial charge is 0.309 e. The van der Waals surface area contributed by atoms with Crippen LogP contribution < -0.4 is 10.7 Å². The fourth-order valence-corrected chi connectivity index (χ4v) is 4.30. The van der Waals surface area contributed by atoms with E-state index in [-0.39, 0.29) is 22.8 Å². The molecule has 2 aliphatic rings. The first-order valence-electron chi connectivity index (χ1n) is 10.3. The Morgan fingerprint density at radius 3 is 2.43 bits per heavy atom. The number of hydrogen-bond donors (Lipinski definition) is 2. The number of hydrogen-bond acceptors (Lipinski definition) is 6. The van der Waals surface area contributed by atoms with Gasteiger partial charge in [-0.1, -0.05) is 38.6 Å². The van der Waals surface area contributed by atoms with Crippen molar-refractivity contribution in [2.24, 2.45) is 16.4 Å². The van der Waals surface area contributed by atoms with Crippen molar-refractivity contribution in [1.29, 1.82) is 0 Å². The maximum Gasteiger partial charge on any atom is 0.309 e. The second-order valence-electron chi connectivity index (χ2n) is 9.50. The van der Waals surface area contributed by atoms with Crippen LogP contribution in [0.3, 0.4) is 0 Å². The number of hydrazone groups is 1. The summed E-state index contributed by atoms with van der Waals surface area (Å²) in [6.45, 7) is 11.1. The van der Waals surface area contributed by atoms with Crippen molar-refractivity contribution in [2.75, 3.05) is 26.0 Å². The van der Waals surface area contributed by atoms with E-state index in [4.69, 9.17) is 4.74 Å². The number of amidine groups is 1. The average Bonchev–Trinajstić information content (AvgIpc) is 2.94. The molecule has 0 bridgehead atoms. The van der Waals surface area contributed by atoms with Crippen LogP contribution in [-0.4, -0.2) is 65.3 Å². The van der Waals surface area contributed by atoms with Crippen molar-refractivity contribution in [2.45, 2.75) is 59.0 Å². The summed E-state index contributed by atoms with van der Waals surface area (Å²) in [4.78, 5) is 39.8. The number of ether oxygens (including phenoxy) is 1. The van der Waals surface area contributed by atoms with Gasteiger partial charge in [-0.3, -0.25) is 14.4 Å². The Balaban J connectivity index is 2.09. The Hall–Kier alpha value is -1.87. The zero-order chi connectivity index (χ0) is 22.5. The molecule has 0 aromatic rings. The maximum atomic E-state index is 12.9. The summed E-state index contributed by atoms with van der Waals surface area (Å²) in [5, 5.41) is 7.52. The third-order valence-corrected chi connectivity index (χ3v) is 6.75. The fourth-order valence-electron chi connectivity index (χ4n) is 3.07. The molecule has 0 spiro atoms. The van der Waals surface area contributed by atoms with Crippen LogP contribution in [0, 0.1) is 11.3 Å². The van der Waals surface area contributed by atoms with Crippen LogP contribution in [0.5, 0.6) is 0 Å². The van der Waals surface area contributed by atoms with Crippen LogP contribution in [0.1, 0.15) is 47.5 Å². The lowest BCUT2D eigenvalue weighted by molar-refractivity contribution is -0.141. The van der Waals surface area contributed by atoms with Gasteiger partial charge in [0, 0.05) is 31.6 Å². The highest BCUT2D eigenvalue weighted by Crippen LogP contribution is 2.30. The highest BCUT2D eigenvalue weighted by molar-refractivity contribution is 8.14. The van der Waals surface area contributed by atoms with E-state index >= 15 is 0 Å². The monoisotopic (exact) mass is 438 g/mol. The quantitative estimate of drug-likeness (QED) is 0.373. The molecule has 9 heteroatoms. The molecule has 0 aromatic carbocycles. The number of nitrogens with zero attached hydrogens (tertiary/aromatic N) is 2. The molecule has 2 fully saturated rings.